The van der Waals surface area contributed by atoms with E-state index < -0.39 is 0 Å². The first-order chi connectivity index (χ1) is 9.28. The van der Waals surface area contributed by atoms with Gasteiger partial charge in [-0.1, -0.05) is 39.7 Å². The minimum absolute atomic E-state index is 0.570. The van der Waals surface area contributed by atoms with Gasteiger partial charge in [0.05, 0.1) is 5.69 Å². The fourth-order valence-electron chi connectivity index (χ4n) is 1.87. The van der Waals surface area contributed by atoms with Crippen LogP contribution < -0.4 is 0 Å². The molecule has 0 atom stereocenters. The molecular formula is C15H9BrClNO. The van der Waals surface area contributed by atoms with Gasteiger partial charge in [0.25, 0.3) is 0 Å². The fourth-order valence-corrected chi connectivity index (χ4v) is 2.33. The smallest absolute Gasteiger partial charge is 0.227 e. The second kappa shape index (κ2) is 5.19. The molecule has 0 radical (unpaired) electrons. The predicted molar refractivity (Wildman–Crippen MR) is 82.1 cm³/mol. The van der Waals surface area contributed by atoms with Crippen LogP contribution >= 0.6 is 27.5 Å². The molecule has 2 nitrogen and oxygen atoms in total. The van der Waals surface area contributed by atoms with Crippen molar-refractivity contribution < 1.29 is 4.74 Å². The van der Waals surface area contributed by atoms with Crippen LogP contribution in [-0.4, -0.2) is 5.90 Å². The molecule has 4 heteroatoms. The Morgan fingerprint density at radius 2 is 1.79 bits per heavy atom. The number of para-hydroxylation sites is 1. The average Bonchev–Trinajstić information content (AvgIpc) is 2.47. The Kier molecular flexibility index (Phi) is 3.40. The maximum absolute atomic E-state index is 5.89. The van der Waals surface area contributed by atoms with Crippen molar-refractivity contribution in [3.63, 3.8) is 0 Å². The summed E-state index contributed by atoms with van der Waals surface area (Å²) in [5.41, 5.74) is 2.76. The zero-order valence-corrected chi connectivity index (χ0v) is 12.1. The molecule has 19 heavy (non-hydrogen) atoms. The lowest BCUT2D eigenvalue weighted by Gasteiger charge is -2.18. The SMILES string of the molecule is Clc1ccc(C2=Nc3ccccc3/C(=C/Br)O2)cc1. The predicted octanol–water partition coefficient (Wildman–Crippen LogP) is 5.14. The number of hydrogen-bond acceptors (Lipinski definition) is 2. The summed E-state index contributed by atoms with van der Waals surface area (Å²) in [4.78, 5) is 6.29. The number of halogens is 2. The van der Waals surface area contributed by atoms with E-state index >= 15 is 0 Å². The van der Waals surface area contributed by atoms with Crippen molar-refractivity contribution in [3.05, 3.63) is 69.7 Å². The van der Waals surface area contributed by atoms with Gasteiger partial charge in [-0.2, -0.15) is 0 Å². The number of benzene rings is 2. The molecule has 1 aliphatic heterocycles. The fraction of sp³-hybridized carbons (Fsp3) is 0. The van der Waals surface area contributed by atoms with Crippen LogP contribution in [-0.2, 0) is 4.74 Å². The van der Waals surface area contributed by atoms with E-state index in [1.165, 1.54) is 0 Å². The normalized spacial score (nSPS) is 15.7. The van der Waals surface area contributed by atoms with E-state index in [1.807, 2.05) is 48.5 Å². The van der Waals surface area contributed by atoms with Crippen LogP contribution in [0.1, 0.15) is 11.1 Å². The second-order valence-electron chi connectivity index (χ2n) is 4.02. The second-order valence-corrected chi connectivity index (χ2v) is 4.91. The highest BCUT2D eigenvalue weighted by Crippen LogP contribution is 2.33. The van der Waals surface area contributed by atoms with Gasteiger partial charge in [0, 0.05) is 21.1 Å². The summed E-state index contributed by atoms with van der Waals surface area (Å²) < 4.78 is 5.81. The topological polar surface area (TPSA) is 21.6 Å². The highest BCUT2D eigenvalue weighted by molar-refractivity contribution is 9.11. The molecule has 3 rings (SSSR count). The van der Waals surface area contributed by atoms with Crippen molar-refractivity contribution in [2.45, 2.75) is 0 Å². The Morgan fingerprint density at radius 3 is 2.53 bits per heavy atom. The van der Waals surface area contributed by atoms with E-state index in [-0.39, 0.29) is 0 Å². The largest absolute Gasteiger partial charge is 0.437 e. The minimum Gasteiger partial charge on any atom is -0.437 e. The summed E-state index contributed by atoms with van der Waals surface area (Å²) >= 11 is 9.22. The van der Waals surface area contributed by atoms with E-state index in [2.05, 4.69) is 20.9 Å². The Hall–Kier alpha value is -1.58. The van der Waals surface area contributed by atoms with Gasteiger partial charge in [0.15, 0.2) is 0 Å². The van der Waals surface area contributed by atoms with Gasteiger partial charge in [-0.3, -0.25) is 0 Å². The van der Waals surface area contributed by atoms with Crippen LogP contribution in [0.3, 0.4) is 0 Å². The molecular weight excluding hydrogens is 326 g/mol. The third kappa shape index (κ3) is 2.44. The molecule has 0 unspecified atom stereocenters. The molecule has 1 heterocycles. The highest BCUT2D eigenvalue weighted by Gasteiger charge is 2.18. The van der Waals surface area contributed by atoms with Crippen molar-refractivity contribution in [1.29, 1.82) is 0 Å². The standard InChI is InChI=1S/C15H9BrClNO/c16-9-14-12-3-1-2-4-13(12)18-15(19-14)10-5-7-11(17)8-6-10/h1-9H/b14-9-. The number of nitrogens with zero attached hydrogens (tertiary/aromatic N) is 1. The van der Waals surface area contributed by atoms with E-state index in [1.54, 1.807) is 4.99 Å². The van der Waals surface area contributed by atoms with E-state index in [9.17, 15) is 0 Å². The van der Waals surface area contributed by atoms with E-state index in [0.717, 1.165) is 22.6 Å². The summed E-state index contributed by atoms with van der Waals surface area (Å²) in [6.07, 6.45) is 0. The molecule has 2 aromatic carbocycles. The number of aliphatic imine (C=N–C) groups is 1. The van der Waals surface area contributed by atoms with Gasteiger partial charge < -0.3 is 4.74 Å². The molecule has 0 N–H and O–H groups in total. The minimum atomic E-state index is 0.570. The zero-order valence-electron chi connectivity index (χ0n) is 9.81. The third-order valence-electron chi connectivity index (χ3n) is 2.79. The molecule has 0 spiro atoms. The number of ether oxygens (including phenoxy) is 1. The molecule has 94 valence electrons. The summed E-state index contributed by atoms with van der Waals surface area (Å²) in [6.45, 7) is 0. The van der Waals surface area contributed by atoms with Gasteiger partial charge in [-0.05, 0) is 36.4 Å². The lowest BCUT2D eigenvalue weighted by molar-refractivity contribution is 0.505. The molecule has 0 saturated carbocycles. The van der Waals surface area contributed by atoms with Gasteiger partial charge in [-0.15, -0.1) is 0 Å². The van der Waals surface area contributed by atoms with Crippen molar-refractivity contribution in [3.8, 4) is 0 Å². The van der Waals surface area contributed by atoms with Crippen LogP contribution in [0, 0.1) is 0 Å². The monoisotopic (exact) mass is 333 g/mol. The Bertz CT molecular complexity index is 677. The summed E-state index contributed by atoms with van der Waals surface area (Å²) in [5, 5.41) is 0.691. The number of rotatable bonds is 1. The van der Waals surface area contributed by atoms with Gasteiger partial charge in [0.1, 0.15) is 5.76 Å². The number of fused-ring (bicyclic) bond motifs is 1. The van der Waals surface area contributed by atoms with Crippen molar-refractivity contribution in [2.75, 3.05) is 0 Å². The highest BCUT2D eigenvalue weighted by atomic mass is 79.9. The van der Waals surface area contributed by atoms with Gasteiger partial charge in [-0.25, -0.2) is 4.99 Å². The Morgan fingerprint density at radius 1 is 1.05 bits per heavy atom. The van der Waals surface area contributed by atoms with Gasteiger partial charge in [0.2, 0.25) is 5.90 Å². The summed E-state index contributed by atoms with van der Waals surface area (Å²) in [7, 11) is 0. The zero-order chi connectivity index (χ0) is 13.2. The average molecular weight is 335 g/mol. The first kappa shape index (κ1) is 12.5. The van der Waals surface area contributed by atoms with Crippen LogP contribution in [0.4, 0.5) is 5.69 Å². The van der Waals surface area contributed by atoms with Crippen LogP contribution in [0.25, 0.3) is 5.76 Å². The van der Waals surface area contributed by atoms with Crippen molar-refractivity contribution >= 4 is 44.9 Å². The third-order valence-corrected chi connectivity index (χ3v) is 3.46. The number of hydrogen-bond donors (Lipinski definition) is 0. The summed E-state index contributed by atoms with van der Waals surface area (Å²) in [5.74, 6) is 1.32. The quantitative estimate of drug-likeness (QED) is 0.707. The first-order valence-electron chi connectivity index (χ1n) is 5.70. The lowest BCUT2D eigenvalue weighted by Crippen LogP contribution is -2.10. The Balaban J connectivity index is 2.10. The van der Waals surface area contributed by atoms with Crippen molar-refractivity contribution in [1.82, 2.24) is 0 Å². The molecule has 0 aliphatic carbocycles. The maximum atomic E-state index is 5.89. The molecule has 0 bridgehead atoms. The molecule has 0 fully saturated rings. The van der Waals surface area contributed by atoms with Crippen LogP contribution in [0.2, 0.25) is 5.02 Å². The molecule has 0 amide bonds. The molecule has 2 aromatic rings. The van der Waals surface area contributed by atoms with Crippen molar-refractivity contribution in [2.24, 2.45) is 4.99 Å². The summed E-state index contributed by atoms with van der Waals surface area (Å²) in [6, 6.07) is 15.3. The first-order valence-corrected chi connectivity index (χ1v) is 6.99. The van der Waals surface area contributed by atoms with E-state index in [4.69, 9.17) is 16.3 Å². The molecule has 0 saturated heterocycles. The molecule has 1 aliphatic rings. The van der Waals surface area contributed by atoms with Crippen LogP contribution in [0.5, 0.6) is 0 Å². The van der Waals surface area contributed by atoms with Crippen LogP contribution in [0.15, 0.2) is 58.5 Å². The molecule has 0 aromatic heterocycles. The maximum Gasteiger partial charge on any atom is 0.227 e. The lowest BCUT2D eigenvalue weighted by atomic mass is 10.1. The van der Waals surface area contributed by atoms with Gasteiger partial charge >= 0.3 is 0 Å². The Labute approximate surface area is 124 Å². The van der Waals surface area contributed by atoms with E-state index in [0.29, 0.717) is 10.9 Å².